The van der Waals surface area contributed by atoms with Crippen LogP contribution in [0.5, 0.6) is 0 Å². The van der Waals surface area contributed by atoms with Gasteiger partial charge in [0.2, 0.25) is 0 Å². The standard InChI is InChI=1S/C17H25O2/c1-4-5-6-7-8-9-17(18)19-13-16-11-10-14(2)12-15(16)3/h10-12H,1,4-9,13H2,2-3H3. The van der Waals surface area contributed by atoms with Crippen LogP contribution in [0.3, 0.4) is 0 Å². The first-order valence-corrected chi connectivity index (χ1v) is 7.14. The molecule has 1 rings (SSSR count). The topological polar surface area (TPSA) is 26.3 Å². The van der Waals surface area contributed by atoms with E-state index in [2.05, 4.69) is 32.9 Å². The van der Waals surface area contributed by atoms with E-state index in [4.69, 9.17) is 4.74 Å². The third-order valence-electron chi connectivity index (χ3n) is 3.27. The van der Waals surface area contributed by atoms with Gasteiger partial charge >= 0.3 is 5.97 Å². The molecule has 1 aromatic carbocycles. The summed E-state index contributed by atoms with van der Waals surface area (Å²) < 4.78 is 5.30. The Balaban J connectivity index is 2.22. The summed E-state index contributed by atoms with van der Waals surface area (Å²) in [6.07, 6.45) is 5.84. The second-order valence-electron chi connectivity index (χ2n) is 5.11. The summed E-state index contributed by atoms with van der Waals surface area (Å²) in [5, 5.41) is 0. The van der Waals surface area contributed by atoms with Crippen LogP contribution in [0, 0.1) is 20.8 Å². The Morgan fingerprint density at radius 2 is 1.89 bits per heavy atom. The molecular weight excluding hydrogens is 236 g/mol. The van der Waals surface area contributed by atoms with Gasteiger partial charge in [0.1, 0.15) is 6.61 Å². The fourth-order valence-electron chi connectivity index (χ4n) is 2.04. The lowest BCUT2D eigenvalue weighted by Crippen LogP contribution is -2.05. The second kappa shape index (κ2) is 8.73. The van der Waals surface area contributed by atoms with Gasteiger partial charge in [0.25, 0.3) is 0 Å². The van der Waals surface area contributed by atoms with E-state index in [1.165, 1.54) is 11.1 Å². The van der Waals surface area contributed by atoms with Crippen molar-refractivity contribution in [2.24, 2.45) is 0 Å². The van der Waals surface area contributed by atoms with Gasteiger partial charge in [0.05, 0.1) is 0 Å². The van der Waals surface area contributed by atoms with Crippen LogP contribution in [0.1, 0.15) is 55.2 Å². The molecule has 0 saturated carbocycles. The fourth-order valence-corrected chi connectivity index (χ4v) is 2.04. The summed E-state index contributed by atoms with van der Waals surface area (Å²) in [5.41, 5.74) is 3.51. The van der Waals surface area contributed by atoms with Crippen LogP contribution < -0.4 is 0 Å². The van der Waals surface area contributed by atoms with Gasteiger partial charge in [0.15, 0.2) is 0 Å². The summed E-state index contributed by atoms with van der Waals surface area (Å²) in [6.45, 7) is 8.31. The van der Waals surface area contributed by atoms with E-state index in [1.807, 2.05) is 6.07 Å². The maximum Gasteiger partial charge on any atom is 0.306 e. The lowest BCUT2D eigenvalue weighted by Gasteiger charge is -2.08. The van der Waals surface area contributed by atoms with Crippen molar-refractivity contribution in [3.8, 4) is 0 Å². The maximum atomic E-state index is 11.6. The van der Waals surface area contributed by atoms with Gasteiger partial charge in [-0.3, -0.25) is 4.79 Å². The number of ether oxygens (including phenoxy) is 1. The largest absolute Gasteiger partial charge is 0.461 e. The Morgan fingerprint density at radius 1 is 1.16 bits per heavy atom. The van der Waals surface area contributed by atoms with Crippen LogP contribution in [0.25, 0.3) is 0 Å². The monoisotopic (exact) mass is 261 g/mol. The molecule has 0 N–H and O–H groups in total. The Kier molecular flexibility index (Phi) is 7.24. The van der Waals surface area contributed by atoms with Crippen molar-refractivity contribution >= 4 is 5.97 Å². The van der Waals surface area contributed by atoms with E-state index in [0.717, 1.165) is 37.7 Å². The van der Waals surface area contributed by atoms with Gasteiger partial charge in [-0.1, -0.05) is 56.4 Å². The number of esters is 1. The highest BCUT2D eigenvalue weighted by Crippen LogP contribution is 2.12. The van der Waals surface area contributed by atoms with Crippen molar-refractivity contribution in [1.29, 1.82) is 0 Å². The molecule has 0 spiro atoms. The number of carbonyl (C=O) groups excluding carboxylic acids is 1. The Morgan fingerprint density at radius 3 is 2.58 bits per heavy atom. The smallest absolute Gasteiger partial charge is 0.306 e. The molecule has 0 aliphatic carbocycles. The molecular formula is C17H25O2. The number of carbonyl (C=O) groups is 1. The molecule has 0 amide bonds. The normalized spacial score (nSPS) is 10.5. The van der Waals surface area contributed by atoms with Crippen molar-refractivity contribution in [3.05, 3.63) is 41.8 Å². The zero-order valence-electron chi connectivity index (χ0n) is 12.2. The summed E-state index contributed by atoms with van der Waals surface area (Å²) >= 11 is 0. The first kappa shape index (κ1) is 15.7. The van der Waals surface area contributed by atoms with E-state index in [1.54, 1.807) is 0 Å². The lowest BCUT2D eigenvalue weighted by molar-refractivity contribution is -0.145. The highest BCUT2D eigenvalue weighted by Gasteiger charge is 2.05. The number of hydrogen-bond donors (Lipinski definition) is 0. The van der Waals surface area contributed by atoms with Crippen LogP contribution in [-0.4, -0.2) is 5.97 Å². The molecule has 2 nitrogen and oxygen atoms in total. The van der Waals surface area contributed by atoms with E-state index in [9.17, 15) is 4.79 Å². The molecule has 19 heavy (non-hydrogen) atoms. The molecule has 0 saturated heterocycles. The van der Waals surface area contributed by atoms with E-state index in [-0.39, 0.29) is 5.97 Å². The first-order chi connectivity index (χ1) is 9.13. The molecule has 0 aromatic heterocycles. The van der Waals surface area contributed by atoms with Crippen LogP contribution in [0.15, 0.2) is 18.2 Å². The average Bonchev–Trinajstić information content (AvgIpc) is 2.37. The van der Waals surface area contributed by atoms with Gasteiger partial charge in [-0.15, -0.1) is 0 Å². The lowest BCUT2D eigenvalue weighted by atomic mass is 10.1. The molecule has 105 valence electrons. The van der Waals surface area contributed by atoms with Crippen molar-refractivity contribution in [1.82, 2.24) is 0 Å². The fraction of sp³-hybridized carbons (Fsp3) is 0.529. The molecule has 0 heterocycles. The number of benzene rings is 1. The van der Waals surface area contributed by atoms with Gasteiger partial charge < -0.3 is 4.74 Å². The molecule has 2 heteroatoms. The third-order valence-corrected chi connectivity index (χ3v) is 3.27. The van der Waals surface area contributed by atoms with Gasteiger partial charge in [0, 0.05) is 6.42 Å². The maximum absolute atomic E-state index is 11.6. The minimum atomic E-state index is -0.0883. The van der Waals surface area contributed by atoms with Crippen molar-refractivity contribution in [3.63, 3.8) is 0 Å². The molecule has 1 radical (unpaired) electrons. The number of hydrogen-bond acceptors (Lipinski definition) is 2. The molecule has 1 aromatic rings. The number of aryl methyl sites for hydroxylation is 2. The van der Waals surface area contributed by atoms with Crippen molar-refractivity contribution < 1.29 is 9.53 Å². The van der Waals surface area contributed by atoms with E-state index in [0.29, 0.717) is 13.0 Å². The van der Waals surface area contributed by atoms with Gasteiger partial charge in [-0.2, -0.15) is 0 Å². The van der Waals surface area contributed by atoms with Crippen molar-refractivity contribution in [2.75, 3.05) is 0 Å². The van der Waals surface area contributed by atoms with E-state index < -0.39 is 0 Å². The molecule has 0 bridgehead atoms. The summed E-state index contributed by atoms with van der Waals surface area (Å²) in [6, 6.07) is 6.20. The predicted octanol–water partition coefficient (Wildman–Crippen LogP) is 4.52. The molecule has 0 unspecified atom stereocenters. The first-order valence-electron chi connectivity index (χ1n) is 7.14. The number of rotatable bonds is 8. The zero-order valence-corrected chi connectivity index (χ0v) is 12.2. The van der Waals surface area contributed by atoms with E-state index >= 15 is 0 Å². The van der Waals surface area contributed by atoms with Crippen LogP contribution in [0.4, 0.5) is 0 Å². The Labute approximate surface area is 117 Å². The zero-order chi connectivity index (χ0) is 14.1. The second-order valence-corrected chi connectivity index (χ2v) is 5.11. The molecule has 0 fully saturated rings. The van der Waals surface area contributed by atoms with Crippen LogP contribution in [0.2, 0.25) is 0 Å². The summed E-state index contributed by atoms with van der Waals surface area (Å²) in [4.78, 5) is 11.6. The molecule has 0 atom stereocenters. The Hall–Kier alpha value is -1.31. The minimum Gasteiger partial charge on any atom is -0.461 e. The molecule has 0 aliphatic rings. The quantitative estimate of drug-likeness (QED) is 0.508. The van der Waals surface area contributed by atoms with Crippen LogP contribution in [-0.2, 0) is 16.1 Å². The highest BCUT2D eigenvalue weighted by atomic mass is 16.5. The highest BCUT2D eigenvalue weighted by molar-refractivity contribution is 5.69. The SMILES string of the molecule is [CH2]CCCCCCC(=O)OCc1ccc(C)cc1C. The van der Waals surface area contributed by atoms with Gasteiger partial charge in [-0.25, -0.2) is 0 Å². The minimum absolute atomic E-state index is 0.0883. The molecule has 0 aliphatic heterocycles. The van der Waals surface area contributed by atoms with Crippen LogP contribution >= 0.6 is 0 Å². The predicted molar refractivity (Wildman–Crippen MR) is 78.8 cm³/mol. The number of unbranched alkanes of at least 4 members (excludes halogenated alkanes) is 4. The van der Waals surface area contributed by atoms with Gasteiger partial charge in [-0.05, 0) is 31.4 Å². The summed E-state index contributed by atoms with van der Waals surface area (Å²) in [7, 11) is 0. The third kappa shape index (κ3) is 6.42. The Bertz CT molecular complexity index is 396. The van der Waals surface area contributed by atoms with Crippen molar-refractivity contribution in [2.45, 2.75) is 59.0 Å². The summed E-state index contributed by atoms with van der Waals surface area (Å²) in [5.74, 6) is -0.0883. The average molecular weight is 261 g/mol.